The van der Waals surface area contributed by atoms with Crippen molar-refractivity contribution < 1.29 is 23.1 Å². The lowest BCUT2D eigenvalue weighted by molar-refractivity contribution is -0.133. The summed E-state index contributed by atoms with van der Waals surface area (Å²) in [6.45, 7) is 0. The first kappa shape index (κ1) is 16.7. The first-order chi connectivity index (χ1) is 10.9. The number of ether oxygens (including phenoxy) is 1. The molecule has 0 spiro atoms. The van der Waals surface area contributed by atoms with E-state index in [9.17, 15) is 18.4 Å². The zero-order chi connectivity index (χ0) is 17.0. The van der Waals surface area contributed by atoms with Crippen molar-refractivity contribution in [2.45, 2.75) is 0 Å². The van der Waals surface area contributed by atoms with Gasteiger partial charge in [0.15, 0.2) is 0 Å². The van der Waals surface area contributed by atoms with Crippen LogP contribution in [0.4, 0.5) is 20.2 Å². The molecule has 0 aromatic heterocycles. The van der Waals surface area contributed by atoms with E-state index in [0.29, 0.717) is 11.8 Å². The standard InChI is InChI=1S/C15H11ClF2N2O3/c1-23-13-5-3-9(7-10(13)16)19-14(21)15(22)20-12-4-2-8(17)6-11(12)18/h2-7H,1H3,(H,19,21)(H,20,22). The Hall–Kier alpha value is -2.67. The number of hydrogen-bond donors (Lipinski definition) is 2. The molecule has 2 aromatic carbocycles. The molecule has 0 atom stereocenters. The average Bonchev–Trinajstić information content (AvgIpc) is 2.50. The maximum absolute atomic E-state index is 13.4. The van der Waals surface area contributed by atoms with E-state index >= 15 is 0 Å². The lowest BCUT2D eigenvalue weighted by Gasteiger charge is -2.09. The Morgan fingerprint density at radius 3 is 2.35 bits per heavy atom. The van der Waals surface area contributed by atoms with Gasteiger partial charge in [-0.15, -0.1) is 0 Å². The minimum Gasteiger partial charge on any atom is -0.495 e. The second-order valence-electron chi connectivity index (χ2n) is 4.38. The van der Waals surface area contributed by atoms with Crippen molar-refractivity contribution in [2.75, 3.05) is 17.7 Å². The molecule has 0 saturated carbocycles. The Morgan fingerprint density at radius 1 is 1.04 bits per heavy atom. The van der Waals surface area contributed by atoms with E-state index in [1.165, 1.54) is 25.3 Å². The van der Waals surface area contributed by atoms with Crippen molar-refractivity contribution >= 4 is 34.8 Å². The molecular formula is C15H11ClF2N2O3. The molecule has 0 aliphatic rings. The predicted octanol–water partition coefficient (Wildman–Crippen LogP) is 3.20. The first-order valence-electron chi connectivity index (χ1n) is 6.31. The van der Waals surface area contributed by atoms with Gasteiger partial charge in [0.25, 0.3) is 0 Å². The average molecular weight is 341 g/mol. The molecule has 0 aliphatic carbocycles. The number of rotatable bonds is 3. The quantitative estimate of drug-likeness (QED) is 0.843. The van der Waals surface area contributed by atoms with Crippen LogP contribution in [-0.2, 0) is 9.59 Å². The van der Waals surface area contributed by atoms with Crippen LogP contribution >= 0.6 is 11.6 Å². The van der Waals surface area contributed by atoms with E-state index in [4.69, 9.17) is 16.3 Å². The van der Waals surface area contributed by atoms with Gasteiger partial charge >= 0.3 is 11.8 Å². The van der Waals surface area contributed by atoms with E-state index in [-0.39, 0.29) is 16.4 Å². The Bertz CT molecular complexity index is 768. The van der Waals surface area contributed by atoms with Gasteiger partial charge in [0, 0.05) is 11.8 Å². The van der Waals surface area contributed by atoms with Crippen LogP contribution in [0.5, 0.6) is 5.75 Å². The molecule has 0 saturated heterocycles. The highest BCUT2D eigenvalue weighted by Gasteiger charge is 2.16. The zero-order valence-corrected chi connectivity index (χ0v) is 12.6. The molecule has 0 heterocycles. The molecule has 0 fully saturated rings. The van der Waals surface area contributed by atoms with Crippen molar-refractivity contribution in [2.24, 2.45) is 0 Å². The Balaban J connectivity index is 2.05. The summed E-state index contributed by atoms with van der Waals surface area (Å²) in [6, 6.07) is 6.95. The highest BCUT2D eigenvalue weighted by Crippen LogP contribution is 2.27. The van der Waals surface area contributed by atoms with Crippen LogP contribution in [-0.4, -0.2) is 18.9 Å². The van der Waals surface area contributed by atoms with Gasteiger partial charge < -0.3 is 15.4 Å². The summed E-state index contributed by atoms with van der Waals surface area (Å²) in [4.78, 5) is 23.5. The number of methoxy groups -OCH3 is 1. The highest BCUT2D eigenvalue weighted by atomic mass is 35.5. The molecule has 0 radical (unpaired) electrons. The molecule has 5 nitrogen and oxygen atoms in total. The normalized spacial score (nSPS) is 10.1. The third-order valence-corrected chi connectivity index (χ3v) is 3.09. The number of benzene rings is 2. The lowest BCUT2D eigenvalue weighted by atomic mass is 10.3. The molecule has 0 aliphatic heterocycles. The summed E-state index contributed by atoms with van der Waals surface area (Å²) in [5.41, 5.74) is -0.0464. The SMILES string of the molecule is COc1ccc(NC(=O)C(=O)Nc2ccc(F)cc2F)cc1Cl. The smallest absolute Gasteiger partial charge is 0.314 e. The van der Waals surface area contributed by atoms with Gasteiger partial charge in [-0.1, -0.05) is 11.6 Å². The van der Waals surface area contributed by atoms with E-state index < -0.39 is 23.4 Å². The van der Waals surface area contributed by atoms with Gasteiger partial charge in [-0.05, 0) is 30.3 Å². The molecule has 120 valence electrons. The molecule has 2 aromatic rings. The second-order valence-corrected chi connectivity index (χ2v) is 4.79. The van der Waals surface area contributed by atoms with Crippen molar-refractivity contribution in [3.63, 3.8) is 0 Å². The number of carbonyl (C=O) groups excluding carboxylic acids is 2. The zero-order valence-electron chi connectivity index (χ0n) is 11.8. The summed E-state index contributed by atoms with van der Waals surface area (Å²) < 4.78 is 31.2. The predicted molar refractivity (Wildman–Crippen MR) is 81.6 cm³/mol. The third-order valence-electron chi connectivity index (χ3n) is 2.80. The van der Waals surface area contributed by atoms with Crippen LogP contribution < -0.4 is 15.4 Å². The van der Waals surface area contributed by atoms with Crippen LogP contribution in [0.2, 0.25) is 5.02 Å². The summed E-state index contributed by atoms with van der Waals surface area (Å²) >= 11 is 5.90. The lowest BCUT2D eigenvalue weighted by Crippen LogP contribution is -2.29. The molecule has 0 unspecified atom stereocenters. The van der Waals surface area contributed by atoms with Crippen LogP contribution in [0.1, 0.15) is 0 Å². The summed E-state index contributed by atoms with van der Waals surface area (Å²) in [7, 11) is 1.43. The first-order valence-corrected chi connectivity index (χ1v) is 6.69. The third kappa shape index (κ3) is 4.17. The number of hydrogen-bond acceptors (Lipinski definition) is 3. The number of amides is 2. The molecule has 8 heteroatoms. The monoisotopic (exact) mass is 340 g/mol. The van der Waals surface area contributed by atoms with Gasteiger partial charge in [-0.25, -0.2) is 8.78 Å². The fourth-order valence-corrected chi connectivity index (χ4v) is 1.96. The Morgan fingerprint density at radius 2 is 1.74 bits per heavy atom. The van der Waals surface area contributed by atoms with Gasteiger partial charge in [-0.3, -0.25) is 9.59 Å². The minimum atomic E-state index is -1.11. The molecule has 0 bridgehead atoms. The van der Waals surface area contributed by atoms with Gasteiger partial charge in [0.2, 0.25) is 0 Å². The van der Waals surface area contributed by atoms with Crippen molar-refractivity contribution in [3.8, 4) is 5.75 Å². The summed E-state index contributed by atoms with van der Waals surface area (Å²) in [5, 5.41) is 4.59. The van der Waals surface area contributed by atoms with E-state index in [1.807, 2.05) is 5.32 Å². The van der Waals surface area contributed by atoms with E-state index in [1.54, 1.807) is 0 Å². The fraction of sp³-hybridized carbons (Fsp3) is 0.0667. The van der Waals surface area contributed by atoms with E-state index in [0.717, 1.165) is 12.1 Å². The largest absolute Gasteiger partial charge is 0.495 e. The maximum Gasteiger partial charge on any atom is 0.314 e. The Labute approximate surface area is 135 Å². The summed E-state index contributed by atoms with van der Waals surface area (Å²) in [6.07, 6.45) is 0. The second kappa shape index (κ2) is 7.06. The van der Waals surface area contributed by atoms with Crippen LogP contribution in [0, 0.1) is 11.6 Å². The number of halogens is 3. The van der Waals surface area contributed by atoms with Crippen molar-refractivity contribution in [3.05, 3.63) is 53.1 Å². The number of nitrogens with one attached hydrogen (secondary N) is 2. The maximum atomic E-state index is 13.4. The van der Waals surface area contributed by atoms with Crippen LogP contribution in [0.3, 0.4) is 0 Å². The van der Waals surface area contributed by atoms with Gasteiger partial charge in [-0.2, -0.15) is 0 Å². The van der Waals surface area contributed by atoms with E-state index in [2.05, 4.69) is 5.32 Å². The molecular weight excluding hydrogens is 330 g/mol. The summed E-state index contributed by atoms with van der Waals surface area (Å²) in [5.74, 6) is -3.52. The van der Waals surface area contributed by atoms with Crippen LogP contribution in [0.25, 0.3) is 0 Å². The number of anilines is 2. The topological polar surface area (TPSA) is 67.4 Å². The number of carbonyl (C=O) groups is 2. The molecule has 2 amide bonds. The Kier molecular flexibility index (Phi) is 5.13. The van der Waals surface area contributed by atoms with Gasteiger partial charge in [0.05, 0.1) is 17.8 Å². The van der Waals surface area contributed by atoms with Gasteiger partial charge in [0.1, 0.15) is 17.4 Å². The fourth-order valence-electron chi connectivity index (χ4n) is 1.70. The van der Waals surface area contributed by atoms with Crippen molar-refractivity contribution in [1.82, 2.24) is 0 Å². The van der Waals surface area contributed by atoms with Crippen molar-refractivity contribution in [1.29, 1.82) is 0 Å². The molecule has 2 rings (SSSR count). The minimum absolute atomic E-state index is 0.246. The molecule has 2 N–H and O–H groups in total. The molecule has 23 heavy (non-hydrogen) atoms. The van der Waals surface area contributed by atoms with Crippen LogP contribution in [0.15, 0.2) is 36.4 Å². The highest BCUT2D eigenvalue weighted by molar-refractivity contribution is 6.43.